The van der Waals surface area contributed by atoms with E-state index in [1.807, 2.05) is 11.4 Å². The molecule has 0 fully saturated rings. The summed E-state index contributed by atoms with van der Waals surface area (Å²) in [5, 5.41) is 1.85. The number of esters is 1. The zero-order chi connectivity index (χ0) is 11.3. The van der Waals surface area contributed by atoms with Crippen LogP contribution in [-0.2, 0) is 9.53 Å². The van der Waals surface area contributed by atoms with Gasteiger partial charge in [0, 0.05) is 6.42 Å². The van der Waals surface area contributed by atoms with E-state index in [4.69, 9.17) is 4.74 Å². The van der Waals surface area contributed by atoms with Crippen molar-refractivity contribution >= 4 is 23.1 Å². The molecule has 0 aliphatic carbocycles. The van der Waals surface area contributed by atoms with E-state index in [0.717, 1.165) is 0 Å². The number of ketones is 1. The van der Waals surface area contributed by atoms with Crippen LogP contribution in [0.15, 0.2) is 17.5 Å². The molecule has 0 atom stereocenters. The smallest absolute Gasteiger partial charge is 0.306 e. The highest BCUT2D eigenvalue weighted by molar-refractivity contribution is 7.12. The van der Waals surface area contributed by atoms with Crippen molar-refractivity contribution < 1.29 is 14.3 Å². The zero-order valence-corrected chi connectivity index (χ0v) is 9.67. The lowest BCUT2D eigenvalue weighted by Crippen LogP contribution is -2.12. The molecule has 1 aromatic rings. The van der Waals surface area contributed by atoms with Gasteiger partial charge in [-0.3, -0.25) is 9.59 Å². The van der Waals surface area contributed by atoms with Crippen molar-refractivity contribution in [2.24, 2.45) is 0 Å². The van der Waals surface area contributed by atoms with Crippen LogP contribution in [0.1, 0.15) is 36.4 Å². The maximum Gasteiger partial charge on any atom is 0.306 e. The van der Waals surface area contributed by atoms with E-state index in [9.17, 15) is 9.59 Å². The van der Waals surface area contributed by atoms with E-state index >= 15 is 0 Å². The minimum atomic E-state index is -0.310. The third-order valence-electron chi connectivity index (χ3n) is 1.72. The first-order valence-corrected chi connectivity index (χ1v) is 5.73. The lowest BCUT2D eigenvalue weighted by molar-refractivity contribution is -0.147. The second-order valence-corrected chi connectivity index (χ2v) is 4.39. The summed E-state index contributed by atoms with van der Waals surface area (Å²) in [7, 11) is 0. The molecule has 0 aliphatic heterocycles. The molecule has 0 aliphatic rings. The summed E-state index contributed by atoms with van der Waals surface area (Å²) >= 11 is 1.39. The number of carbonyl (C=O) groups excluding carboxylic acids is 2. The minimum Gasteiger partial charge on any atom is -0.463 e. The third-order valence-corrected chi connectivity index (χ3v) is 2.63. The molecule has 0 N–H and O–H groups in total. The highest BCUT2D eigenvalue weighted by atomic mass is 32.1. The van der Waals surface area contributed by atoms with E-state index in [1.165, 1.54) is 11.3 Å². The Morgan fingerprint density at radius 1 is 1.40 bits per heavy atom. The summed E-state index contributed by atoms with van der Waals surface area (Å²) in [5.74, 6) is -0.305. The SMILES string of the molecule is CC(C)OC(=O)CCC(=O)c1cccs1. The van der Waals surface area contributed by atoms with Crippen LogP contribution in [0.2, 0.25) is 0 Å². The molecule has 0 saturated carbocycles. The number of thiophene rings is 1. The molecule has 1 heterocycles. The zero-order valence-electron chi connectivity index (χ0n) is 8.86. The summed E-state index contributed by atoms with van der Waals surface area (Å²) in [6.07, 6.45) is 0.274. The fourth-order valence-corrected chi connectivity index (χ4v) is 1.79. The Morgan fingerprint density at radius 3 is 2.67 bits per heavy atom. The van der Waals surface area contributed by atoms with E-state index in [2.05, 4.69) is 0 Å². The summed E-state index contributed by atoms with van der Waals surface area (Å²) in [5.41, 5.74) is 0. The molecule has 0 radical (unpaired) electrons. The van der Waals surface area contributed by atoms with Gasteiger partial charge in [-0.1, -0.05) is 6.07 Å². The van der Waals surface area contributed by atoms with Gasteiger partial charge < -0.3 is 4.74 Å². The van der Waals surface area contributed by atoms with Gasteiger partial charge in [-0.15, -0.1) is 11.3 Å². The fourth-order valence-electron chi connectivity index (χ4n) is 1.10. The number of rotatable bonds is 5. The number of Topliss-reactive ketones (excluding diaryl/α,β-unsaturated/α-hetero) is 1. The Labute approximate surface area is 93.1 Å². The van der Waals surface area contributed by atoms with Crippen molar-refractivity contribution in [1.82, 2.24) is 0 Å². The predicted molar refractivity (Wildman–Crippen MR) is 59.1 cm³/mol. The monoisotopic (exact) mass is 226 g/mol. The van der Waals surface area contributed by atoms with Gasteiger partial charge >= 0.3 is 5.97 Å². The van der Waals surface area contributed by atoms with Crippen LogP contribution < -0.4 is 0 Å². The van der Waals surface area contributed by atoms with Crippen molar-refractivity contribution in [3.63, 3.8) is 0 Å². The van der Waals surface area contributed by atoms with Crippen molar-refractivity contribution in [2.45, 2.75) is 32.8 Å². The van der Waals surface area contributed by atoms with Crippen LogP contribution in [0.3, 0.4) is 0 Å². The number of hydrogen-bond donors (Lipinski definition) is 0. The molecule has 15 heavy (non-hydrogen) atoms. The number of carbonyl (C=O) groups is 2. The summed E-state index contributed by atoms with van der Waals surface area (Å²) < 4.78 is 4.93. The van der Waals surface area contributed by atoms with Crippen LogP contribution in [0.4, 0.5) is 0 Å². The minimum absolute atomic E-state index is 0.00528. The molecule has 82 valence electrons. The van der Waals surface area contributed by atoms with Gasteiger partial charge in [-0.25, -0.2) is 0 Å². The van der Waals surface area contributed by atoms with Gasteiger partial charge in [-0.05, 0) is 25.3 Å². The van der Waals surface area contributed by atoms with Crippen LogP contribution in [0, 0.1) is 0 Å². The lowest BCUT2D eigenvalue weighted by atomic mass is 10.2. The highest BCUT2D eigenvalue weighted by Gasteiger charge is 2.11. The Balaban J connectivity index is 2.32. The summed E-state index contributed by atoms with van der Waals surface area (Å²) in [6, 6.07) is 3.59. The topological polar surface area (TPSA) is 43.4 Å². The van der Waals surface area contributed by atoms with Gasteiger partial charge in [0.15, 0.2) is 5.78 Å². The van der Waals surface area contributed by atoms with E-state index < -0.39 is 0 Å². The molecule has 0 bridgehead atoms. The first-order valence-electron chi connectivity index (χ1n) is 4.86. The van der Waals surface area contributed by atoms with Gasteiger partial charge in [-0.2, -0.15) is 0 Å². The molecule has 3 nitrogen and oxygen atoms in total. The standard InChI is InChI=1S/C11H14O3S/c1-8(2)14-11(13)6-5-9(12)10-4-3-7-15-10/h3-4,7-8H,5-6H2,1-2H3. The van der Waals surface area contributed by atoms with E-state index in [-0.39, 0.29) is 30.7 Å². The van der Waals surface area contributed by atoms with Crippen LogP contribution in [-0.4, -0.2) is 17.9 Å². The fraction of sp³-hybridized carbons (Fsp3) is 0.455. The van der Waals surface area contributed by atoms with Crippen molar-refractivity contribution in [2.75, 3.05) is 0 Å². The Bertz CT molecular complexity index is 328. The molecule has 0 aromatic carbocycles. The Kier molecular flexibility index (Phi) is 4.49. The quantitative estimate of drug-likeness (QED) is 0.572. The average molecular weight is 226 g/mol. The second kappa shape index (κ2) is 5.66. The molecule has 4 heteroatoms. The number of ether oxygens (including phenoxy) is 1. The molecule has 0 saturated heterocycles. The molecule has 0 unspecified atom stereocenters. The van der Waals surface area contributed by atoms with Gasteiger partial charge in [0.1, 0.15) is 0 Å². The van der Waals surface area contributed by atoms with Crippen molar-refractivity contribution in [1.29, 1.82) is 0 Å². The maximum atomic E-state index is 11.5. The maximum absolute atomic E-state index is 11.5. The van der Waals surface area contributed by atoms with Crippen LogP contribution in [0.25, 0.3) is 0 Å². The van der Waals surface area contributed by atoms with E-state index in [1.54, 1.807) is 19.9 Å². The Hall–Kier alpha value is -1.16. The predicted octanol–water partition coefficient (Wildman–Crippen LogP) is 2.66. The molecule has 0 spiro atoms. The normalized spacial score (nSPS) is 10.3. The molecular formula is C11H14O3S. The van der Waals surface area contributed by atoms with E-state index in [0.29, 0.717) is 4.88 Å². The highest BCUT2D eigenvalue weighted by Crippen LogP contribution is 2.12. The molecule has 0 amide bonds. The van der Waals surface area contributed by atoms with Gasteiger partial charge in [0.25, 0.3) is 0 Å². The molecule has 1 aromatic heterocycles. The van der Waals surface area contributed by atoms with Crippen molar-refractivity contribution in [3.05, 3.63) is 22.4 Å². The first-order chi connectivity index (χ1) is 7.09. The van der Waals surface area contributed by atoms with Gasteiger partial charge in [0.2, 0.25) is 0 Å². The third kappa shape index (κ3) is 4.25. The van der Waals surface area contributed by atoms with Crippen LogP contribution in [0.5, 0.6) is 0 Å². The second-order valence-electron chi connectivity index (χ2n) is 3.44. The largest absolute Gasteiger partial charge is 0.463 e. The van der Waals surface area contributed by atoms with Crippen molar-refractivity contribution in [3.8, 4) is 0 Å². The first kappa shape index (κ1) is 11.9. The van der Waals surface area contributed by atoms with Crippen LogP contribution >= 0.6 is 11.3 Å². The molecular weight excluding hydrogens is 212 g/mol. The van der Waals surface area contributed by atoms with Gasteiger partial charge in [0.05, 0.1) is 17.4 Å². The Morgan fingerprint density at radius 2 is 2.13 bits per heavy atom. The lowest BCUT2D eigenvalue weighted by Gasteiger charge is -2.06. The molecule has 1 rings (SSSR count). The average Bonchev–Trinajstić information content (AvgIpc) is 2.65. The number of hydrogen-bond acceptors (Lipinski definition) is 4. The summed E-state index contributed by atoms with van der Waals surface area (Å²) in [6.45, 7) is 3.58. The summed E-state index contributed by atoms with van der Waals surface area (Å²) in [4.78, 5) is 23.4.